The van der Waals surface area contributed by atoms with Gasteiger partial charge in [0.1, 0.15) is 12.6 Å². The molecule has 4 amide bonds. The molecule has 0 aliphatic heterocycles. The first kappa shape index (κ1) is 20.3. The Morgan fingerprint density at radius 1 is 1.00 bits per heavy atom. The van der Waals surface area contributed by atoms with E-state index >= 15 is 0 Å². The van der Waals surface area contributed by atoms with Gasteiger partial charge < -0.3 is 37.6 Å². The summed E-state index contributed by atoms with van der Waals surface area (Å²) in [5.41, 5.74) is 10.2. The summed E-state index contributed by atoms with van der Waals surface area (Å²) in [7, 11) is 0. The second-order valence-electron chi connectivity index (χ2n) is 4.41. The van der Waals surface area contributed by atoms with Gasteiger partial charge in [-0.3, -0.25) is 24.0 Å². The van der Waals surface area contributed by atoms with Gasteiger partial charge in [0.15, 0.2) is 0 Å². The number of rotatable bonds is 10. The molecular weight excluding hydrogens is 314 g/mol. The van der Waals surface area contributed by atoms with E-state index in [-0.39, 0.29) is 0 Å². The Kier molecular flexibility index (Phi) is 8.88. The molecule has 0 saturated carbocycles. The molecule has 0 aliphatic carbocycles. The maximum absolute atomic E-state index is 11.7. The molecule has 9 N–H and O–H groups in total. The summed E-state index contributed by atoms with van der Waals surface area (Å²) in [6.07, 6.45) is -0.441. The van der Waals surface area contributed by atoms with E-state index in [0.717, 1.165) is 0 Å². The highest BCUT2D eigenvalue weighted by Crippen LogP contribution is 1.90. The summed E-state index contributed by atoms with van der Waals surface area (Å²) in [5, 5.41) is 23.6. The van der Waals surface area contributed by atoms with Gasteiger partial charge in [0.2, 0.25) is 23.6 Å². The van der Waals surface area contributed by atoms with Crippen molar-refractivity contribution in [2.45, 2.75) is 18.5 Å². The van der Waals surface area contributed by atoms with Crippen molar-refractivity contribution in [1.82, 2.24) is 16.0 Å². The van der Waals surface area contributed by atoms with Gasteiger partial charge in [0.05, 0.1) is 25.6 Å². The van der Waals surface area contributed by atoms with Gasteiger partial charge in [-0.05, 0) is 0 Å². The number of aliphatic hydroxyl groups excluding tert-OH is 1. The number of amides is 4. The van der Waals surface area contributed by atoms with Crippen molar-refractivity contribution >= 4 is 29.6 Å². The third-order valence-electron chi connectivity index (χ3n) is 2.43. The largest absolute Gasteiger partial charge is 0.480 e. The molecule has 0 bridgehead atoms. The molecule has 0 spiro atoms. The van der Waals surface area contributed by atoms with Crippen LogP contribution in [-0.4, -0.2) is 71.6 Å². The SMILES string of the molecule is NC(=O)CC(N)C(=O)NC(CO)C(=O)NCC(=O)NCC(=O)O. The Balaban J connectivity index is 4.35. The maximum atomic E-state index is 11.7. The molecule has 0 aromatic carbocycles. The zero-order valence-corrected chi connectivity index (χ0v) is 12.1. The summed E-state index contributed by atoms with van der Waals surface area (Å²) >= 11 is 0. The molecular formula is C11H19N5O7. The summed E-state index contributed by atoms with van der Waals surface area (Å²) < 4.78 is 0. The molecule has 0 radical (unpaired) electrons. The minimum absolute atomic E-state index is 0.441. The lowest BCUT2D eigenvalue weighted by atomic mass is 10.2. The summed E-state index contributed by atoms with van der Waals surface area (Å²) in [5.74, 6) is -4.61. The molecule has 2 unspecified atom stereocenters. The molecule has 0 rings (SSSR count). The molecule has 12 nitrogen and oxygen atoms in total. The molecule has 12 heteroatoms. The maximum Gasteiger partial charge on any atom is 0.322 e. The molecule has 0 aromatic heterocycles. The Morgan fingerprint density at radius 3 is 2.09 bits per heavy atom. The molecule has 0 aromatic rings. The smallest absolute Gasteiger partial charge is 0.322 e. The third kappa shape index (κ3) is 9.00. The number of carboxylic acids is 1. The van der Waals surface area contributed by atoms with E-state index in [1.165, 1.54) is 0 Å². The van der Waals surface area contributed by atoms with E-state index in [9.17, 15) is 24.0 Å². The van der Waals surface area contributed by atoms with Crippen molar-refractivity contribution < 1.29 is 34.2 Å². The van der Waals surface area contributed by atoms with Gasteiger partial charge in [0, 0.05) is 0 Å². The van der Waals surface area contributed by atoms with Crippen LogP contribution in [0.2, 0.25) is 0 Å². The van der Waals surface area contributed by atoms with Crippen molar-refractivity contribution in [2.24, 2.45) is 11.5 Å². The monoisotopic (exact) mass is 333 g/mol. The molecule has 0 aliphatic rings. The number of nitrogens with two attached hydrogens (primary N) is 2. The van der Waals surface area contributed by atoms with E-state index in [0.29, 0.717) is 0 Å². The highest BCUT2D eigenvalue weighted by atomic mass is 16.4. The molecule has 130 valence electrons. The highest BCUT2D eigenvalue weighted by Gasteiger charge is 2.24. The van der Waals surface area contributed by atoms with Crippen LogP contribution in [-0.2, 0) is 24.0 Å². The number of carbonyl (C=O) groups is 5. The van der Waals surface area contributed by atoms with Crippen LogP contribution in [0.15, 0.2) is 0 Å². The van der Waals surface area contributed by atoms with E-state index in [1.54, 1.807) is 0 Å². The first-order valence-electron chi connectivity index (χ1n) is 6.38. The van der Waals surface area contributed by atoms with E-state index in [2.05, 4.69) is 10.6 Å². The third-order valence-corrected chi connectivity index (χ3v) is 2.43. The molecule has 0 fully saturated rings. The van der Waals surface area contributed by atoms with Crippen molar-refractivity contribution in [1.29, 1.82) is 0 Å². The van der Waals surface area contributed by atoms with Crippen molar-refractivity contribution in [2.75, 3.05) is 19.7 Å². The molecule has 23 heavy (non-hydrogen) atoms. The van der Waals surface area contributed by atoms with Gasteiger partial charge in [-0.25, -0.2) is 0 Å². The summed E-state index contributed by atoms with van der Waals surface area (Å²) in [6.45, 7) is -1.94. The van der Waals surface area contributed by atoms with Crippen LogP contribution in [0.1, 0.15) is 6.42 Å². The number of hydrogen-bond acceptors (Lipinski definition) is 7. The second kappa shape index (κ2) is 10.1. The van der Waals surface area contributed by atoms with Crippen molar-refractivity contribution in [3.8, 4) is 0 Å². The number of carboxylic acid groups (broad SMARTS) is 1. The highest BCUT2D eigenvalue weighted by molar-refractivity contribution is 5.93. The number of aliphatic carboxylic acids is 1. The first-order chi connectivity index (χ1) is 10.7. The van der Waals surface area contributed by atoms with Crippen LogP contribution >= 0.6 is 0 Å². The van der Waals surface area contributed by atoms with Gasteiger partial charge in [-0.2, -0.15) is 0 Å². The number of hydrogen-bond donors (Lipinski definition) is 7. The minimum atomic E-state index is -1.39. The van der Waals surface area contributed by atoms with Crippen LogP contribution in [0.3, 0.4) is 0 Å². The van der Waals surface area contributed by atoms with Crippen molar-refractivity contribution in [3.05, 3.63) is 0 Å². The Labute approximate surface area is 130 Å². The lowest BCUT2D eigenvalue weighted by molar-refractivity contribution is -0.138. The van der Waals surface area contributed by atoms with Gasteiger partial charge in [-0.15, -0.1) is 0 Å². The molecule has 0 heterocycles. The first-order valence-corrected chi connectivity index (χ1v) is 6.38. The average molecular weight is 333 g/mol. The number of nitrogens with one attached hydrogen (secondary N) is 3. The van der Waals surface area contributed by atoms with Crippen molar-refractivity contribution in [3.63, 3.8) is 0 Å². The van der Waals surface area contributed by atoms with E-state index in [1.807, 2.05) is 5.32 Å². The lowest BCUT2D eigenvalue weighted by Gasteiger charge is -2.18. The normalized spacial score (nSPS) is 12.6. The quantitative estimate of drug-likeness (QED) is 0.205. The number of primary amides is 1. The summed E-state index contributed by atoms with van der Waals surface area (Å²) in [4.78, 5) is 55.3. The van der Waals surface area contributed by atoms with Crippen LogP contribution < -0.4 is 27.4 Å². The fourth-order valence-corrected chi connectivity index (χ4v) is 1.31. The van der Waals surface area contributed by atoms with E-state index < -0.39 is 67.8 Å². The zero-order chi connectivity index (χ0) is 18.0. The zero-order valence-electron chi connectivity index (χ0n) is 12.1. The van der Waals surface area contributed by atoms with Gasteiger partial charge in [0.25, 0.3) is 0 Å². The Hall–Kier alpha value is -2.73. The number of carbonyl (C=O) groups excluding carboxylic acids is 4. The van der Waals surface area contributed by atoms with E-state index in [4.69, 9.17) is 21.7 Å². The van der Waals surface area contributed by atoms with Gasteiger partial charge >= 0.3 is 5.97 Å². The van der Waals surface area contributed by atoms with Crippen LogP contribution in [0, 0.1) is 0 Å². The predicted molar refractivity (Wildman–Crippen MR) is 74.5 cm³/mol. The predicted octanol–water partition coefficient (Wildman–Crippen LogP) is -5.02. The second-order valence-corrected chi connectivity index (χ2v) is 4.41. The van der Waals surface area contributed by atoms with Crippen LogP contribution in [0.25, 0.3) is 0 Å². The fourth-order valence-electron chi connectivity index (χ4n) is 1.31. The Bertz CT molecular complexity index is 481. The standard InChI is InChI=1S/C11H19N5O7/c12-5(1-7(13)18)10(22)16-6(4-17)11(23)15-2-8(19)14-3-9(20)21/h5-6,17H,1-4,12H2,(H2,13,18)(H,14,19)(H,15,23)(H,16,22)(H,20,21). The minimum Gasteiger partial charge on any atom is -0.480 e. The topological polar surface area (TPSA) is 214 Å². The molecule has 0 saturated heterocycles. The van der Waals surface area contributed by atoms with Crippen LogP contribution in [0.4, 0.5) is 0 Å². The average Bonchev–Trinajstić information content (AvgIpc) is 2.46. The van der Waals surface area contributed by atoms with Crippen LogP contribution in [0.5, 0.6) is 0 Å². The number of aliphatic hydroxyl groups is 1. The van der Waals surface area contributed by atoms with Gasteiger partial charge in [-0.1, -0.05) is 0 Å². The summed E-state index contributed by atoms with van der Waals surface area (Å²) in [6, 6.07) is -2.68. The Morgan fingerprint density at radius 2 is 1.61 bits per heavy atom. The lowest BCUT2D eigenvalue weighted by Crippen LogP contribution is -2.54. The fraction of sp³-hybridized carbons (Fsp3) is 0.545. The molecule has 2 atom stereocenters.